The van der Waals surface area contributed by atoms with Crippen molar-refractivity contribution in [2.24, 2.45) is 0 Å². The summed E-state index contributed by atoms with van der Waals surface area (Å²) in [5.74, 6) is 0. The first-order valence-electron chi connectivity index (χ1n) is 7.08. The second-order valence-electron chi connectivity index (χ2n) is 5.21. The third kappa shape index (κ3) is 3.00. The third-order valence-electron chi connectivity index (χ3n) is 3.89. The van der Waals surface area contributed by atoms with E-state index >= 15 is 0 Å². The second-order valence-corrected chi connectivity index (χ2v) is 5.61. The lowest BCUT2D eigenvalue weighted by Gasteiger charge is -2.35. The average molecular weight is 288 g/mol. The van der Waals surface area contributed by atoms with Crippen molar-refractivity contribution >= 4 is 11.6 Å². The van der Waals surface area contributed by atoms with Crippen LogP contribution >= 0.6 is 11.6 Å². The Labute approximate surface area is 124 Å². The van der Waals surface area contributed by atoms with E-state index < -0.39 is 0 Å². The summed E-state index contributed by atoms with van der Waals surface area (Å²) in [5.41, 5.74) is 2.31. The van der Waals surface area contributed by atoms with Crippen molar-refractivity contribution in [3.8, 4) is 0 Å². The fraction of sp³-hybridized carbons (Fsp3) is 0.375. The summed E-state index contributed by atoms with van der Waals surface area (Å²) in [4.78, 5) is 10.9. The zero-order chi connectivity index (χ0) is 13.8. The molecular weight excluding hydrogens is 270 g/mol. The van der Waals surface area contributed by atoms with Gasteiger partial charge in [-0.2, -0.15) is 0 Å². The number of hydrogen-bond donors (Lipinski definition) is 0. The first-order chi connectivity index (χ1) is 9.84. The molecule has 2 heterocycles. The van der Waals surface area contributed by atoms with E-state index in [-0.39, 0.29) is 0 Å². The highest BCUT2D eigenvalue weighted by Gasteiger charge is 2.25. The molecule has 1 saturated heterocycles. The highest BCUT2D eigenvalue weighted by Crippen LogP contribution is 2.31. The van der Waals surface area contributed by atoms with E-state index in [1.165, 1.54) is 18.4 Å². The fourth-order valence-corrected chi connectivity index (χ4v) is 3.05. The van der Waals surface area contributed by atoms with Gasteiger partial charge in [0.15, 0.2) is 0 Å². The van der Waals surface area contributed by atoms with Gasteiger partial charge in [0.05, 0.1) is 11.7 Å². The van der Waals surface area contributed by atoms with Gasteiger partial charge in [0, 0.05) is 17.8 Å². The maximum Gasteiger partial charge on any atom is 0.115 e. The maximum absolute atomic E-state index is 6.28. The summed E-state index contributed by atoms with van der Waals surface area (Å²) in [5, 5.41) is 0.847. The molecule has 1 aliphatic rings. The highest BCUT2D eigenvalue weighted by molar-refractivity contribution is 6.31. The van der Waals surface area contributed by atoms with Gasteiger partial charge in [-0.05, 0) is 37.1 Å². The van der Waals surface area contributed by atoms with Gasteiger partial charge < -0.3 is 0 Å². The zero-order valence-corrected chi connectivity index (χ0v) is 12.1. The third-order valence-corrected chi connectivity index (χ3v) is 4.26. The van der Waals surface area contributed by atoms with Crippen molar-refractivity contribution in [3.63, 3.8) is 0 Å². The molecule has 0 amide bonds. The van der Waals surface area contributed by atoms with Crippen LogP contribution in [0.25, 0.3) is 0 Å². The Bertz CT molecular complexity index is 559. The van der Waals surface area contributed by atoms with Crippen molar-refractivity contribution in [2.45, 2.75) is 31.8 Å². The first-order valence-corrected chi connectivity index (χ1v) is 7.46. The fourth-order valence-electron chi connectivity index (χ4n) is 2.86. The molecule has 3 nitrogen and oxygen atoms in total. The van der Waals surface area contributed by atoms with E-state index in [1.807, 2.05) is 30.5 Å². The molecule has 1 aliphatic heterocycles. The molecule has 0 N–H and O–H groups in total. The van der Waals surface area contributed by atoms with Gasteiger partial charge in [-0.3, -0.25) is 4.90 Å². The Morgan fingerprint density at radius 1 is 1.20 bits per heavy atom. The zero-order valence-electron chi connectivity index (χ0n) is 11.4. The number of hydrogen-bond acceptors (Lipinski definition) is 3. The molecule has 0 saturated carbocycles. The van der Waals surface area contributed by atoms with Crippen molar-refractivity contribution in [2.75, 3.05) is 6.54 Å². The van der Waals surface area contributed by atoms with Crippen LogP contribution in [0.1, 0.15) is 36.6 Å². The van der Waals surface area contributed by atoms with E-state index in [9.17, 15) is 0 Å². The second kappa shape index (κ2) is 6.33. The van der Waals surface area contributed by atoms with Crippen LogP contribution in [-0.4, -0.2) is 21.4 Å². The molecule has 0 aliphatic carbocycles. The van der Waals surface area contributed by atoms with E-state index in [2.05, 4.69) is 20.9 Å². The molecule has 1 aromatic carbocycles. The molecule has 1 atom stereocenters. The number of nitrogens with zero attached hydrogens (tertiary/aromatic N) is 3. The van der Waals surface area contributed by atoms with Crippen LogP contribution in [0.5, 0.6) is 0 Å². The van der Waals surface area contributed by atoms with E-state index in [0.29, 0.717) is 6.04 Å². The lowest BCUT2D eigenvalue weighted by molar-refractivity contribution is 0.137. The molecular formula is C16H18ClN3. The SMILES string of the molecule is Clc1ccccc1CN1CCCCC1c1ccncn1. The minimum atomic E-state index is 0.378. The molecule has 3 rings (SSSR count). The van der Waals surface area contributed by atoms with Crippen LogP contribution in [0, 0.1) is 0 Å². The van der Waals surface area contributed by atoms with Gasteiger partial charge in [-0.1, -0.05) is 36.2 Å². The number of aromatic nitrogens is 2. The summed E-state index contributed by atoms with van der Waals surface area (Å²) >= 11 is 6.28. The quantitative estimate of drug-likeness (QED) is 0.858. The first kappa shape index (κ1) is 13.5. The predicted molar refractivity (Wildman–Crippen MR) is 80.5 cm³/mol. The molecule has 1 fully saturated rings. The van der Waals surface area contributed by atoms with Crippen molar-refractivity contribution in [1.29, 1.82) is 0 Å². The van der Waals surface area contributed by atoms with Gasteiger partial charge >= 0.3 is 0 Å². The molecule has 4 heteroatoms. The van der Waals surface area contributed by atoms with Crippen LogP contribution in [0.15, 0.2) is 42.9 Å². The van der Waals surface area contributed by atoms with Crippen LogP contribution in [0.4, 0.5) is 0 Å². The Kier molecular flexibility index (Phi) is 4.28. The molecule has 2 aromatic rings. The monoisotopic (exact) mass is 287 g/mol. The van der Waals surface area contributed by atoms with Crippen LogP contribution < -0.4 is 0 Å². The number of benzene rings is 1. The molecule has 1 unspecified atom stereocenters. The summed E-state index contributed by atoms with van der Waals surface area (Å²) in [6, 6.07) is 10.5. The van der Waals surface area contributed by atoms with Crippen molar-refractivity contribution in [1.82, 2.24) is 14.9 Å². The van der Waals surface area contributed by atoms with Crippen LogP contribution in [-0.2, 0) is 6.54 Å². The van der Waals surface area contributed by atoms with E-state index in [4.69, 9.17) is 11.6 Å². The van der Waals surface area contributed by atoms with Gasteiger partial charge in [-0.25, -0.2) is 9.97 Å². The molecule has 0 radical (unpaired) electrons. The summed E-state index contributed by atoms with van der Waals surface area (Å²) in [6.45, 7) is 1.98. The minimum Gasteiger partial charge on any atom is -0.290 e. The topological polar surface area (TPSA) is 29.0 Å². The van der Waals surface area contributed by atoms with Gasteiger partial charge in [0.2, 0.25) is 0 Å². The van der Waals surface area contributed by atoms with Gasteiger partial charge in [0.25, 0.3) is 0 Å². The number of piperidine rings is 1. The lowest BCUT2D eigenvalue weighted by atomic mass is 9.98. The van der Waals surface area contributed by atoms with Gasteiger partial charge in [0.1, 0.15) is 6.33 Å². The van der Waals surface area contributed by atoms with Crippen molar-refractivity contribution in [3.05, 3.63) is 59.1 Å². The highest BCUT2D eigenvalue weighted by atomic mass is 35.5. The molecule has 1 aromatic heterocycles. The van der Waals surface area contributed by atoms with Crippen molar-refractivity contribution < 1.29 is 0 Å². The maximum atomic E-state index is 6.28. The summed E-state index contributed by atoms with van der Waals surface area (Å²) in [6.07, 6.45) is 7.11. The molecule has 20 heavy (non-hydrogen) atoms. The minimum absolute atomic E-state index is 0.378. The normalized spacial score (nSPS) is 19.9. The average Bonchev–Trinajstić information content (AvgIpc) is 2.51. The van der Waals surface area contributed by atoms with Crippen LogP contribution in [0.3, 0.4) is 0 Å². The molecule has 0 spiro atoms. The lowest BCUT2D eigenvalue weighted by Crippen LogP contribution is -2.33. The van der Waals surface area contributed by atoms with Crippen LogP contribution in [0.2, 0.25) is 5.02 Å². The Morgan fingerprint density at radius 3 is 2.90 bits per heavy atom. The van der Waals surface area contributed by atoms with E-state index in [1.54, 1.807) is 6.33 Å². The van der Waals surface area contributed by atoms with Gasteiger partial charge in [-0.15, -0.1) is 0 Å². The number of halogens is 1. The summed E-state index contributed by atoms with van der Waals surface area (Å²) < 4.78 is 0. The Balaban J connectivity index is 1.81. The number of likely N-dealkylation sites (tertiary alicyclic amines) is 1. The predicted octanol–water partition coefficient (Wildman–Crippen LogP) is 3.86. The Hall–Kier alpha value is -1.45. The molecule has 104 valence electrons. The summed E-state index contributed by atoms with van der Waals surface area (Å²) in [7, 11) is 0. The number of rotatable bonds is 3. The largest absolute Gasteiger partial charge is 0.290 e. The van der Waals surface area contributed by atoms with E-state index in [0.717, 1.165) is 30.2 Å². The smallest absolute Gasteiger partial charge is 0.115 e. The molecule has 0 bridgehead atoms. The Morgan fingerprint density at radius 2 is 2.10 bits per heavy atom. The standard InChI is InChI=1S/C16H18ClN3/c17-14-6-2-1-5-13(14)11-20-10-4-3-7-16(20)15-8-9-18-12-19-15/h1-2,5-6,8-9,12,16H,3-4,7,10-11H2.